The van der Waals surface area contributed by atoms with Gasteiger partial charge >= 0.3 is 5.97 Å². The molecule has 0 bridgehead atoms. The van der Waals surface area contributed by atoms with Gasteiger partial charge in [-0.3, -0.25) is 4.98 Å². The Hall–Kier alpha value is -3.00. The van der Waals surface area contributed by atoms with Crippen LogP contribution in [0.3, 0.4) is 0 Å². The lowest BCUT2D eigenvalue weighted by molar-refractivity contribution is -0.137. The molecule has 0 spiro atoms. The second-order valence-electron chi connectivity index (χ2n) is 7.35. The minimum absolute atomic E-state index is 0.145. The number of hydrogen-bond acceptors (Lipinski definition) is 5. The third-order valence-corrected chi connectivity index (χ3v) is 6.77. The SMILES string of the molecule is CCOC(=O)C=C(C)c1ccc(C(CNS(=O)(=O)c2ccc(Cl)cc2)c2cccnc2)cc1. The number of nitrogens with zero attached hydrogens (tertiary/aromatic N) is 1. The average molecular weight is 485 g/mol. The quantitative estimate of drug-likeness (QED) is 0.348. The van der Waals surface area contributed by atoms with Gasteiger partial charge in [-0.25, -0.2) is 17.9 Å². The third-order valence-electron chi connectivity index (χ3n) is 5.08. The van der Waals surface area contributed by atoms with E-state index in [0.717, 1.165) is 22.3 Å². The molecule has 0 amide bonds. The molecule has 1 unspecified atom stereocenters. The summed E-state index contributed by atoms with van der Waals surface area (Å²) in [6.07, 6.45) is 4.85. The van der Waals surface area contributed by atoms with Crippen molar-refractivity contribution in [3.63, 3.8) is 0 Å². The summed E-state index contributed by atoms with van der Waals surface area (Å²) >= 11 is 5.88. The van der Waals surface area contributed by atoms with E-state index in [-0.39, 0.29) is 23.3 Å². The first kappa shape index (κ1) is 24.6. The summed E-state index contributed by atoms with van der Waals surface area (Å²) in [6, 6.07) is 17.4. The fourth-order valence-corrected chi connectivity index (χ4v) is 4.50. The highest BCUT2D eigenvalue weighted by Gasteiger charge is 2.20. The lowest BCUT2D eigenvalue weighted by Crippen LogP contribution is -2.29. The minimum Gasteiger partial charge on any atom is -0.463 e. The molecule has 1 atom stereocenters. The highest BCUT2D eigenvalue weighted by molar-refractivity contribution is 7.89. The summed E-state index contributed by atoms with van der Waals surface area (Å²) in [6.45, 7) is 4.06. The zero-order chi connectivity index (χ0) is 23.8. The molecule has 1 aromatic heterocycles. The molecular formula is C25H25ClN2O4S. The van der Waals surface area contributed by atoms with Crippen molar-refractivity contribution in [2.24, 2.45) is 0 Å². The van der Waals surface area contributed by atoms with Crippen LogP contribution in [0.25, 0.3) is 5.57 Å². The average Bonchev–Trinajstić information content (AvgIpc) is 2.80. The molecule has 3 rings (SSSR count). The molecule has 0 saturated carbocycles. The number of benzene rings is 2. The molecule has 0 saturated heterocycles. The number of pyridine rings is 1. The first-order valence-electron chi connectivity index (χ1n) is 10.4. The number of rotatable bonds is 9. The van der Waals surface area contributed by atoms with Crippen molar-refractivity contribution in [2.75, 3.05) is 13.2 Å². The van der Waals surface area contributed by atoms with E-state index in [1.807, 2.05) is 43.3 Å². The van der Waals surface area contributed by atoms with Crippen LogP contribution in [0, 0.1) is 0 Å². The van der Waals surface area contributed by atoms with Crippen LogP contribution in [0.4, 0.5) is 0 Å². The predicted octanol–water partition coefficient (Wildman–Crippen LogP) is 4.81. The molecule has 172 valence electrons. The topological polar surface area (TPSA) is 85.4 Å². The third kappa shape index (κ3) is 6.74. The fourth-order valence-electron chi connectivity index (χ4n) is 3.32. The highest BCUT2D eigenvalue weighted by atomic mass is 35.5. The van der Waals surface area contributed by atoms with Gasteiger partial charge in [0.15, 0.2) is 0 Å². The maximum atomic E-state index is 12.8. The number of esters is 1. The van der Waals surface area contributed by atoms with Gasteiger partial charge in [0.2, 0.25) is 10.0 Å². The standard InChI is InChI=1S/C25H25ClN2O4S/c1-3-32-25(29)15-18(2)19-6-8-20(9-7-19)24(21-5-4-14-27-16-21)17-28-33(30,31)23-12-10-22(26)11-13-23/h4-16,24,28H,3,17H2,1-2H3. The summed E-state index contributed by atoms with van der Waals surface area (Å²) in [4.78, 5) is 16.1. The zero-order valence-corrected chi connectivity index (χ0v) is 19.9. The number of sulfonamides is 1. The van der Waals surface area contributed by atoms with Crippen molar-refractivity contribution in [1.29, 1.82) is 0 Å². The van der Waals surface area contributed by atoms with Crippen molar-refractivity contribution in [3.8, 4) is 0 Å². The molecule has 0 aliphatic rings. The van der Waals surface area contributed by atoms with Crippen LogP contribution in [-0.4, -0.2) is 32.5 Å². The monoisotopic (exact) mass is 484 g/mol. The molecule has 0 fully saturated rings. The minimum atomic E-state index is -3.72. The Morgan fingerprint density at radius 1 is 1.09 bits per heavy atom. The van der Waals surface area contributed by atoms with Crippen molar-refractivity contribution < 1.29 is 17.9 Å². The summed E-state index contributed by atoms with van der Waals surface area (Å²) in [5, 5.41) is 0.467. The van der Waals surface area contributed by atoms with Crippen LogP contribution in [-0.2, 0) is 19.6 Å². The Kier molecular flexibility index (Phi) is 8.38. The molecule has 3 aromatic rings. The molecule has 33 heavy (non-hydrogen) atoms. The first-order chi connectivity index (χ1) is 15.8. The number of ether oxygens (including phenoxy) is 1. The maximum absolute atomic E-state index is 12.8. The Morgan fingerprint density at radius 3 is 2.39 bits per heavy atom. The van der Waals surface area contributed by atoms with E-state index in [1.54, 1.807) is 31.5 Å². The molecule has 1 heterocycles. The van der Waals surface area contributed by atoms with Gasteiger partial charge in [0.25, 0.3) is 0 Å². The van der Waals surface area contributed by atoms with Crippen molar-refractivity contribution in [1.82, 2.24) is 9.71 Å². The predicted molar refractivity (Wildman–Crippen MR) is 129 cm³/mol. The van der Waals surface area contributed by atoms with Crippen molar-refractivity contribution in [2.45, 2.75) is 24.7 Å². The van der Waals surface area contributed by atoms with E-state index in [0.29, 0.717) is 11.6 Å². The summed E-state index contributed by atoms with van der Waals surface area (Å²) in [5.74, 6) is -0.645. The zero-order valence-electron chi connectivity index (χ0n) is 18.4. The van der Waals surface area contributed by atoms with Crippen LogP contribution in [0.15, 0.2) is 84.0 Å². The number of carbonyl (C=O) groups is 1. The second-order valence-corrected chi connectivity index (χ2v) is 9.55. The molecule has 6 nitrogen and oxygen atoms in total. The summed E-state index contributed by atoms with van der Waals surface area (Å²) in [5.41, 5.74) is 3.44. The largest absolute Gasteiger partial charge is 0.463 e. The second kappa shape index (κ2) is 11.2. The number of carbonyl (C=O) groups excluding carboxylic acids is 1. The number of nitrogens with one attached hydrogen (secondary N) is 1. The van der Waals surface area contributed by atoms with Gasteiger partial charge in [-0.15, -0.1) is 0 Å². The number of halogens is 1. The van der Waals surface area contributed by atoms with E-state index in [4.69, 9.17) is 16.3 Å². The van der Waals surface area contributed by atoms with E-state index >= 15 is 0 Å². The molecule has 0 aliphatic heterocycles. The lowest BCUT2D eigenvalue weighted by Gasteiger charge is -2.19. The molecule has 0 radical (unpaired) electrons. The highest BCUT2D eigenvalue weighted by Crippen LogP contribution is 2.26. The number of allylic oxidation sites excluding steroid dienone is 1. The Bertz CT molecular complexity index is 1210. The van der Waals surface area contributed by atoms with Crippen molar-refractivity contribution in [3.05, 3.63) is 101 Å². The fraction of sp³-hybridized carbons (Fsp3) is 0.200. The number of hydrogen-bond donors (Lipinski definition) is 1. The molecule has 8 heteroatoms. The van der Waals surface area contributed by atoms with Gasteiger partial charge in [-0.05, 0) is 66.4 Å². The summed E-state index contributed by atoms with van der Waals surface area (Å²) < 4.78 is 33.2. The normalized spacial score (nSPS) is 12.9. The molecule has 1 N–H and O–H groups in total. The molecular weight excluding hydrogens is 460 g/mol. The van der Waals surface area contributed by atoms with Crippen LogP contribution < -0.4 is 4.72 Å². The first-order valence-corrected chi connectivity index (χ1v) is 12.3. The van der Waals surface area contributed by atoms with Crippen LogP contribution in [0.1, 0.15) is 36.5 Å². The van der Waals surface area contributed by atoms with Crippen LogP contribution >= 0.6 is 11.6 Å². The smallest absolute Gasteiger partial charge is 0.331 e. The Labute approximate surface area is 199 Å². The van der Waals surface area contributed by atoms with E-state index in [1.165, 1.54) is 18.2 Å². The summed E-state index contributed by atoms with van der Waals surface area (Å²) in [7, 11) is -3.72. The van der Waals surface area contributed by atoms with E-state index < -0.39 is 10.0 Å². The molecule has 0 aliphatic carbocycles. The van der Waals surface area contributed by atoms with Gasteiger partial charge in [0, 0.05) is 36.0 Å². The van der Waals surface area contributed by atoms with Gasteiger partial charge in [0.1, 0.15) is 0 Å². The maximum Gasteiger partial charge on any atom is 0.331 e. The Balaban J connectivity index is 1.84. The van der Waals surface area contributed by atoms with E-state index in [2.05, 4.69) is 9.71 Å². The van der Waals surface area contributed by atoms with Gasteiger partial charge < -0.3 is 4.74 Å². The molecule has 2 aromatic carbocycles. The van der Waals surface area contributed by atoms with E-state index in [9.17, 15) is 13.2 Å². The van der Waals surface area contributed by atoms with Gasteiger partial charge in [-0.2, -0.15) is 0 Å². The lowest BCUT2D eigenvalue weighted by atomic mass is 9.91. The van der Waals surface area contributed by atoms with Gasteiger partial charge in [-0.1, -0.05) is 41.9 Å². The van der Waals surface area contributed by atoms with Crippen LogP contribution in [0.5, 0.6) is 0 Å². The van der Waals surface area contributed by atoms with Crippen LogP contribution in [0.2, 0.25) is 5.02 Å². The van der Waals surface area contributed by atoms with Gasteiger partial charge in [0.05, 0.1) is 11.5 Å². The Morgan fingerprint density at radius 2 is 1.79 bits per heavy atom. The van der Waals surface area contributed by atoms with Crippen molar-refractivity contribution >= 4 is 33.2 Å². The number of aromatic nitrogens is 1.